The number of allylic oxidation sites excluding steroid dienone is 2. The fourth-order valence-electron chi connectivity index (χ4n) is 6.36. The van der Waals surface area contributed by atoms with Crippen LogP contribution in [0.5, 0.6) is 17.2 Å². The molecule has 1 aliphatic carbocycles. The number of hydrogen-bond donors (Lipinski definition) is 1. The molecule has 6 heteroatoms. The average molecular weight is 523 g/mol. The molecule has 0 amide bonds. The van der Waals surface area contributed by atoms with Crippen molar-refractivity contribution in [3.63, 3.8) is 0 Å². The molecule has 0 fully saturated rings. The fraction of sp³-hybridized carbons (Fsp3) is 0.303. The number of fused-ring (bicyclic) bond motifs is 3. The molecule has 2 atom stereocenters. The quantitative estimate of drug-likeness (QED) is 0.392. The summed E-state index contributed by atoms with van der Waals surface area (Å²) in [4.78, 5) is 41.3. The number of carbonyl (C=O) groups excluding carboxylic acids is 3. The van der Waals surface area contributed by atoms with Crippen molar-refractivity contribution in [2.45, 2.75) is 53.1 Å². The zero-order valence-electron chi connectivity index (χ0n) is 22.6. The third-order valence-electron chi connectivity index (χ3n) is 8.40. The molecule has 2 aliphatic heterocycles. The molecular formula is C33H30O6. The smallest absolute Gasteiger partial charge is 0.176 e. The lowest BCUT2D eigenvalue weighted by atomic mass is 9.59. The number of carbonyl (C=O) groups is 3. The van der Waals surface area contributed by atoms with Gasteiger partial charge in [0.2, 0.25) is 0 Å². The van der Waals surface area contributed by atoms with Gasteiger partial charge in [-0.2, -0.15) is 0 Å². The second-order valence-corrected chi connectivity index (χ2v) is 11.7. The minimum absolute atomic E-state index is 0.0705. The van der Waals surface area contributed by atoms with E-state index in [1.807, 2.05) is 60.7 Å². The molecule has 3 aliphatic rings. The Morgan fingerprint density at radius 1 is 0.821 bits per heavy atom. The first-order chi connectivity index (χ1) is 18.5. The zero-order valence-corrected chi connectivity index (χ0v) is 22.6. The van der Waals surface area contributed by atoms with Crippen molar-refractivity contribution in [3.8, 4) is 17.2 Å². The number of ether oxygens (including phenoxy) is 2. The van der Waals surface area contributed by atoms with E-state index in [-0.39, 0.29) is 46.6 Å². The molecule has 39 heavy (non-hydrogen) atoms. The van der Waals surface area contributed by atoms with Gasteiger partial charge >= 0.3 is 0 Å². The molecule has 2 heterocycles. The first-order valence-corrected chi connectivity index (χ1v) is 13.2. The Bertz CT molecular complexity index is 1590. The van der Waals surface area contributed by atoms with Crippen molar-refractivity contribution in [2.75, 3.05) is 0 Å². The lowest BCUT2D eigenvalue weighted by Crippen LogP contribution is -2.51. The van der Waals surface area contributed by atoms with Crippen molar-refractivity contribution in [3.05, 3.63) is 99.8 Å². The summed E-state index contributed by atoms with van der Waals surface area (Å²) >= 11 is 0. The van der Waals surface area contributed by atoms with E-state index in [0.29, 0.717) is 22.4 Å². The molecule has 1 N–H and O–H groups in total. The summed E-state index contributed by atoms with van der Waals surface area (Å²) in [6, 6.07) is 19.0. The molecule has 3 aromatic carbocycles. The molecule has 3 aromatic rings. The SMILES string of the molecule is Cc1c(O)c2c(c3c1OC1=C(C(=O)C(C)(C)C(=O)C1(C)C)[C@@H]3c1ccccc1)O[C@H](c1ccccc1)CC2=O. The van der Waals surface area contributed by atoms with E-state index in [4.69, 9.17) is 9.47 Å². The van der Waals surface area contributed by atoms with Crippen LogP contribution in [0.3, 0.4) is 0 Å². The van der Waals surface area contributed by atoms with Gasteiger partial charge in [-0.05, 0) is 45.7 Å². The Balaban J connectivity index is 1.68. The van der Waals surface area contributed by atoms with Gasteiger partial charge in [0.1, 0.15) is 34.7 Å². The van der Waals surface area contributed by atoms with Crippen LogP contribution >= 0.6 is 0 Å². The lowest BCUT2D eigenvalue weighted by Gasteiger charge is -2.45. The van der Waals surface area contributed by atoms with Crippen LogP contribution in [0.15, 0.2) is 72.0 Å². The fourth-order valence-corrected chi connectivity index (χ4v) is 6.36. The molecule has 6 nitrogen and oxygen atoms in total. The monoisotopic (exact) mass is 522 g/mol. The number of phenolic OH excluding ortho intramolecular Hbond substituents is 1. The predicted octanol–water partition coefficient (Wildman–Crippen LogP) is 6.39. The van der Waals surface area contributed by atoms with Crippen LogP contribution in [0, 0.1) is 17.8 Å². The number of Topliss-reactive ketones (excluding diaryl/α,β-unsaturated/α-hetero) is 3. The van der Waals surface area contributed by atoms with Crippen molar-refractivity contribution in [1.29, 1.82) is 0 Å². The number of ketones is 3. The van der Waals surface area contributed by atoms with Crippen LogP contribution < -0.4 is 9.47 Å². The second kappa shape index (κ2) is 8.40. The van der Waals surface area contributed by atoms with Crippen LogP contribution in [0.25, 0.3) is 0 Å². The number of phenols is 1. The van der Waals surface area contributed by atoms with Crippen LogP contribution in [0.4, 0.5) is 0 Å². The van der Waals surface area contributed by atoms with Gasteiger partial charge in [0, 0.05) is 17.1 Å². The maximum Gasteiger partial charge on any atom is 0.176 e. The predicted molar refractivity (Wildman–Crippen MR) is 145 cm³/mol. The van der Waals surface area contributed by atoms with Crippen LogP contribution in [-0.4, -0.2) is 22.5 Å². The summed E-state index contributed by atoms with van der Waals surface area (Å²) in [7, 11) is 0. The van der Waals surface area contributed by atoms with E-state index in [0.717, 1.165) is 11.1 Å². The first-order valence-electron chi connectivity index (χ1n) is 13.2. The molecule has 0 saturated heterocycles. The van der Waals surface area contributed by atoms with E-state index >= 15 is 0 Å². The average Bonchev–Trinajstić information content (AvgIpc) is 2.93. The Hall–Kier alpha value is -4.19. The summed E-state index contributed by atoms with van der Waals surface area (Å²) in [5.41, 5.74) is 0.636. The maximum atomic E-state index is 14.1. The number of hydrogen-bond acceptors (Lipinski definition) is 6. The summed E-state index contributed by atoms with van der Waals surface area (Å²) in [5, 5.41) is 11.3. The zero-order chi connectivity index (χ0) is 27.9. The van der Waals surface area contributed by atoms with Crippen LogP contribution in [0.2, 0.25) is 0 Å². The molecule has 6 rings (SSSR count). The Morgan fingerprint density at radius 3 is 2.03 bits per heavy atom. The molecular weight excluding hydrogens is 492 g/mol. The number of aromatic hydroxyl groups is 1. The number of benzene rings is 3. The molecule has 0 radical (unpaired) electrons. The summed E-state index contributed by atoms with van der Waals surface area (Å²) in [6.45, 7) is 8.53. The van der Waals surface area contributed by atoms with E-state index in [2.05, 4.69) is 0 Å². The molecule has 0 bridgehead atoms. The topological polar surface area (TPSA) is 89.9 Å². The lowest BCUT2D eigenvalue weighted by molar-refractivity contribution is -0.144. The van der Waals surface area contributed by atoms with Gasteiger partial charge in [-0.3, -0.25) is 14.4 Å². The second-order valence-electron chi connectivity index (χ2n) is 11.7. The third kappa shape index (κ3) is 3.43. The molecule has 0 aromatic heterocycles. The highest BCUT2D eigenvalue weighted by molar-refractivity contribution is 6.20. The molecule has 0 saturated carbocycles. The largest absolute Gasteiger partial charge is 0.507 e. The highest BCUT2D eigenvalue weighted by atomic mass is 16.5. The first kappa shape index (κ1) is 25.1. The van der Waals surface area contributed by atoms with Gasteiger partial charge in [0.15, 0.2) is 17.3 Å². The van der Waals surface area contributed by atoms with Crippen molar-refractivity contribution >= 4 is 17.3 Å². The van der Waals surface area contributed by atoms with E-state index < -0.39 is 22.9 Å². The summed E-state index contributed by atoms with van der Waals surface area (Å²) < 4.78 is 13.0. The maximum absolute atomic E-state index is 14.1. The Kier molecular flexibility index (Phi) is 5.41. The third-order valence-corrected chi connectivity index (χ3v) is 8.40. The van der Waals surface area contributed by atoms with Gasteiger partial charge < -0.3 is 14.6 Å². The van der Waals surface area contributed by atoms with Gasteiger partial charge in [-0.1, -0.05) is 60.7 Å². The highest BCUT2D eigenvalue weighted by Gasteiger charge is 2.58. The van der Waals surface area contributed by atoms with Crippen molar-refractivity contribution < 1.29 is 29.0 Å². The van der Waals surface area contributed by atoms with E-state index in [9.17, 15) is 19.5 Å². The van der Waals surface area contributed by atoms with E-state index in [1.165, 1.54) is 0 Å². The highest BCUT2D eigenvalue weighted by Crippen LogP contribution is 2.60. The van der Waals surface area contributed by atoms with Gasteiger partial charge in [-0.25, -0.2) is 0 Å². The van der Waals surface area contributed by atoms with Gasteiger partial charge in [-0.15, -0.1) is 0 Å². The Labute approximate surface area is 227 Å². The molecule has 198 valence electrons. The van der Waals surface area contributed by atoms with Crippen molar-refractivity contribution in [2.24, 2.45) is 10.8 Å². The minimum Gasteiger partial charge on any atom is -0.507 e. The summed E-state index contributed by atoms with van der Waals surface area (Å²) in [5.74, 6) is -0.852. The van der Waals surface area contributed by atoms with Crippen LogP contribution in [-0.2, 0) is 9.59 Å². The van der Waals surface area contributed by atoms with Gasteiger partial charge in [0.05, 0.1) is 22.8 Å². The van der Waals surface area contributed by atoms with Crippen molar-refractivity contribution in [1.82, 2.24) is 0 Å². The molecule has 0 unspecified atom stereocenters. The minimum atomic E-state index is -1.27. The standard InChI is InChI=1S/C33H30O6/c1-17-26(35)23-20(34)16-21(18-12-8-6-9-13-18)38-28(23)24-22(19-14-10-7-11-15-19)25-29(36)32(2,3)31(37)33(4,5)30(25)39-27(17)24/h6-15,21-22,35H,16H2,1-5H3/t21-,22+/m0/s1. The van der Waals surface area contributed by atoms with E-state index in [1.54, 1.807) is 34.6 Å². The molecule has 0 spiro atoms. The van der Waals surface area contributed by atoms with Gasteiger partial charge in [0.25, 0.3) is 0 Å². The van der Waals surface area contributed by atoms with Crippen LogP contribution in [0.1, 0.15) is 78.7 Å². The Morgan fingerprint density at radius 2 is 1.41 bits per heavy atom. The summed E-state index contributed by atoms with van der Waals surface area (Å²) in [6.07, 6.45) is -0.498. The normalized spacial score (nSPS) is 22.8. The number of rotatable bonds is 2.